The number of hydrogen-bond acceptors (Lipinski definition) is 3. The van der Waals surface area contributed by atoms with Crippen LogP contribution in [0.3, 0.4) is 0 Å². The fourth-order valence-electron chi connectivity index (χ4n) is 2.39. The molecule has 1 aliphatic rings. The summed E-state index contributed by atoms with van der Waals surface area (Å²) >= 11 is 0. The molecule has 0 spiro atoms. The third-order valence-electron chi connectivity index (χ3n) is 3.57. The van der Waals surface area contributed by atoms with Crippen LogP contribution >= 0.6 is 0 Å². The van der Waals surface area contributed by atoms with Crippen molar-refractivity contribution in [2.45, 2.75) is 19.7 Å². The van der Waals surface area contributed by atoms with E-state index in [4.69, 9.17) is 4.74 Å². The summed E-state index contributed by atoms with van der Waals surface area (Å²) in [5, 5.41) is 13.1. The third-order valence-corrected chi connectivity index (χ3v) is 3.57. The zero-order valence-corrected chi connectivity index (χ0v) is 11.7. The lowest BCUT2D eigenvalue weighted by molar-refractivity contribution is 0.415. The maximum Gasteiger partial charge on any atom is 0.320 e. The van der Waals surface area contributed by atoms with Gasteiger partial charge in [-0.2, -0.15) is 0 Å². The first kappa shape index (κ1) is 14.2. The van der Waals surface area contributed by atoms with Crippen molar-refractivity contribution in [1.82, 2.24) is 5.32 Å². The van der Waals surface area contributed by atoms with Gasteiger partial charge in [0.2, 0.25) is 0 Å². The molecule has 4 heteroatoms. The van der Waals surface area contributed by atoms with Gasteiger partial charge in [-0.05, 0) is 48.5 Å². The molecule has 0 radical (unpaired) electrons. The highest BCUT2D eigenvalue weighted by Crippen LogP contribution is 2.16. The molecule has 1 aliphatic heterocycles. The molecule has 1 unspecified atom stereocenters. The minimum absolute atomic E-state index is 0.474. The van der Waals surface area contributed by atoms with Gasteiger partial charge in [0.15, 0.2) is 0 Å². The van der Waals surface area contributed by atoms with Gasteiger partial charge in [-0.25, -0.2) is 0 Å². The number of ether oxygens (including phenoxy) is 1. The second-order valence-corrected chi connectivity index (χ2v) is 5.18. The number of rotatable bonds is 4. The molecule has 1 atom stereocenters. The zero-order chi connectivity index (χ0) is 13.7. The topological polar surface area (TPSA) is 41.5 Å². The van der Waals surface area contributed by atoms with E-state index in [0.29, 0.717) is 5.92 Å². The van der Waals surface area contributed by atoms with Gasteiger partial charge in [-0.3, -0.25) is 0 Å². The van der Waals surface area contributed by atoms with Gasteiger partial charge in [0.1, 0.15) is 5.75 Å². The highest BCUT2D eigenvalue weighted by molar-refractivity contribution is 6.64. The SMILES string of the molecule is COc1cc(/C=C/C2CCCNC2)cc(B(C)O)c1. The molecular formula is C15H22BNO2. The molecule has 1 heterocycles. The van der Waals surface area contributed by atoms with Crippen LogP contribution in [0.2, 0.25) is 6.82 Å². The normalized spacial score (nSPS) is 19.6. The Morgan fingerprint density at radius 1 is 1.42 bits per heavy atom. The second-order valence-electron chi connectivity index (χ2n) is 5.18. The summed E-state index contributed by atoms with van der Waals surface area (Å²) in [4.78, 5) is 0. The Hall–Kier alpha value is -1.26. The van der Waals surface area contributed by atoms with E-state index in [9.17, 15) is 5.02 Å². The van der Waals surface area contributed by atoms with Crippen LogP contribution in [-0.2, 0) is 0 Å². The first-order valence-electron chi connectivity index (χ1n) is 6.95. The summed E-state index contributed by atoms with van der Waals surface area (Å²) in [6, 6.07) is 5.89. The van der Waals surface area contributed by atoms with Gasteiger partial charge < -0.3 is 15.1 Å². The van der Waals surface area contributed by atoms with Crippen molar-refractivity contribution in [3.05, 3.63) is 29.8 Å². The predicted molar refractivity (Wildman–Crippen MR) is 81.1 cm³/mol. The van der Waals surface area contributed by atoms with Crippen molar-refractivity contribution in [2.24, 2.45) is 5.92 Å². The van der Waals surface area contributed by atoms with Gasteiger partial charge >= 0.3 is 6.92 Å². The monoisotopic (exact) mass is 259 g/mol. The number of methoxy groups -OCH3 is 1. The van der Waals surface area contributed by atoms with Crippen molar-refractivity contribution in [1.29, 1.82) is 0 Å². The van der Waals surface area contributed by atoms with Gasteiger partial charge in [0.25, 0.3) is 0 Å². The van der Waals surface area contributed by atoms with E-state index in [0.717, 1.165) is 29.9 Å². The molecule has 1 fully saturated rings. The number of hydrogen-bond donors (Lipinski definition) is 2. The molecule has 0 saturated carbocycles. The van der Waals surface area contributed by atoms with Crippen LogP contribution in [0, 0.1) is 5.92 Å². The predicted octanol–water partition coefficient (Wildman–Crippen LogP) is 1.53. The molecule has 0 bridgehead atoms. The van der Waals surface area contributed by atoms with Crippen LogP contribution in [0.1, 0.15) is 18.4 Å². The molecule has 1 aromatic carbocycles. The Morgan fingerprint density at radius 2 is 2.26 bits per heavy atom. The van der Waals surface area contributed by atoms with Crippen LogP contribution in [0.4, 0.5) is 0 Å². The number of nitrogens with one attached hydrogen (secondary N) is 1. The Bertz CT molecular complexity index is 440. The lowest BCUT2D eigenvalue weighted by Gasteiger charge is -2.19. The van der Waals surface area contributed by atoms with Crippen molar-refractivity contribution < 1.29 is 9.76 Å². The molecule has 0 aliphatic carbocycles. The summed E-state index contributed by atoms with van der Waals surface area (Å²) < 4.78 is 5.28. The van der Waals surface area contributed by atoms with E-state index >= 15 is 0 Å². The maximum absolute atomic E-state index is 9.70. The zero-order valence-electron chi connectivity index (χ0n) is 11.7. The van der Waals surface area contributed by atoms with Crippen LogP contribution < -0.4 is 15.5 Å². The molecule has 2 rings (SSSR count). The summed E-state index contributed by atoms with van der Waals surface area (Å²) in [6.45, 7) is 3.49. The smallest absolute Gasteiger partial charge is 0.320 e. The van der Waals surface area contributed by atoms with Gasteiger partial charge in [0.05, 0.1) is 7.11 Å². The molecule has 2 N–H and O–H groups in total. The maximum atomic E-state index is 9.70. The third kappa shape index (κ3) is 4.11. The standard InChI is InChI=1S/C15H22BNO2/c1-16(18)14-8-13(9-15(10-14)19-2)6-5-12-4-3-7-17-11-12/h5-6,8-10,12,17-18H,3-4,7,11H2,1-2H3/b6-5+. The largest absolute Gasteiger partial charge is 0.497 e. The molecule has 102 valence electrons. The minimum Gasteiger partial charge on any atom is -0.497 e. The van der Waals surface area contributed by atoms with E-state index in [2.05, 4.69) is 17.5 Å². The summed E-state index contributed by atoms with van der Waals surface area (Å²) in [5.74, 6) is 1.40. The lowest BCUT2D eigenvalue weighted by Crippen LogP contribution is -2.28. The Morgan fingerprint density at radius 3 is 2.89 bits per heavy atom. The van der Waals surface area contributed by atoms with E-state index in [-0.39, 0.29) is 0 Å². The van der Waals surface area contributed by atoms with Crippen molar-refractivity contribution in [3.63, 3.8) is 0 Å². The van der Waals surface area contributed by atoms with Gasteiger partial charge in [0, 0.05) is 6.54 Å². The highest BCUT2D eigenvalue weighted by Gasteiger charge is 2.11. The first-order chi connectivity index (χ1) is 9.19. The van der Waals surface area contributed by atoms with Crippen molar-refractivity contribution >= 4 is 18.5 Å². The molecule has 1 aromatic rings. The van der Waals surface area contributed by atoms with Gasteiger partial charge in [-0.1, -0.05) is 25.0 Å². The average molecular weight is 259 g/mol. The Kier molecular flexibility index (Phi) is 5.05. The molecule has 3 nitrogen and oxygen atoms in total. The molecule has 0 amide bonds. The number of piperidine rings is 1. The van der Waals surface area contributed by atoms with Crippen LogP contribution in [0.5, 0.6) is 5.75 Å². The minimum atomic E-state index is -0.474. The first-order valence-corrected chi connectivity index (χ1v) is 6.95. The fourth-order valence-corrected chi connectivity index (χ4v) is 2.39. The Balaban J connectivity index is 2.13. The molecular weight excluding hydrogens is 237 g/mol. The number of benzene rings is 1. The molecule has 1 saturated heterocycles. The molecule has 19 heavy (non-hydrogen) atoms. The van der Waals surface area contributed by atoms with Crippen LogP contribution in [0.15, 0.2) is 24.3 Å². The fraction of sp³-hybridized carbons (Fsp3) is 0.467. The second kappa shape index (κ2) is 6.78. The average Bonchev–Trinajstić information content (AvgIpc) is 2.45. The molecule has 0 aromatic heterocycles. The van der Waals surface area contributed by atoms with E-state index in [1.54, 1.807) is 13.9 Å². The lowest BCUT2D eigenvalue weighted by atomic mass is 9.64. The van der Waals surface area contributed by atoms with Gasteiger partial charge in [-0.15, -0.1) is 0 Å². The van der Waals surface area contributed by atoms with E-state index in [1.807, 2.05) is 18.2 Å². The summed E-state index contributed by atoms with van der Waals surface area (Å²) in [7, 11) is 1.65. The van der Waals surface area contributed by atoms with Crippen LogP contribution in [-0.4, -0.2) is 32.1 Å². The van der Waals surface area contributed by atoms with E-state index in [1.165, 1.54) is 12.8 Å². The summed E-state index contributed by atoms with van der Waals surface area (Å²) in [6.07, 6.45) is 6.88. The van der Waals surface area contributed by atoms with Crippen molar-refractivity contribution in [3.8, 4) is 5.75 Å². The summed E-state index contributed by atoms with van der Waals surface area (Å²) in [5.41, 5.74) is 1.97. The van der Waals surface area contributed by atoms with Crippen molar-refractivity contribution in [2.75, 3.05) is 20.2 Å². The van der Waals surface area contributed by atoms with Crippen LogP contribution in [0.25, 0.3) is 6.08 Å². The van der Waals surface area contributed by atoms with E-state index < -0.39 is 6.92 Å². The highest BCUT2D eigenvalue weighted by atomic mass is 16.5. The quantitative estimate of drug-likeness (QED) is 0.806. The Labute approximate surface area is 115 Å².